The number of nitriles is 1. The molecule has 0 bridgehead atoms. The summed E-state index contributed by atoms with van der Waals surface area (Å²) in [5.74, 6) is 0. The third-order valence-electron chi connectivity index (χ3n) is 3.94. The highest BCUT2D eigenvalue weighted by atomic mass is 16.3. The van der Waals surface area contributed by atoms with Crippen molar-refractivity contribution in [1.29, 1.82) is 5.26 Å². The molecule has 1 aromatic carbocycles. The molecule has 0 saturated carbocycles. The van der Waals surface area contributed by atoms with Gasteiger partial charge in [-0.3, -0.25) is 4.68 Å². The summed E-state index contributed by atoms with van der Waals surface area (Å²) in [4.78, 5) is 4.34. The van der Waals surface area contributed by atoms with Crippen LogP contribution in [0.3, 0.4) is 0 Å². The molecule has 7 heteroatoms. The molecule has 0 fully saturated rings. The lowest BCUT2D eigenvalue weighted by atomic mass is 10.1. The van der Waals surface area contributed by atoms with E-state index in [4.69, 9.17) is 16.1 Å². The van der Waals surface area contributed by atoms with Gasteiger partial charge in [-0.05, 0) is 12.1 Å². The highest BCUT2D eigenvalue weighted by molar-refractivity contribution is 5.63. The van der Waals surface area contributed by atoms with Crippen molar-refractivity contribution >= 4 is 0 Å². The van der Waals surface area contributed by atoms with Crippen LogP contribution in [0.1, 0.15) is 16.8 Å². The zero-order chi connectivity index (χ0) is 17.8. The molecule has 0 aliphatic carbocycles. The van der Waals surface area contributed by atoms with E-state index in [-0.39, 0.29) is 12.6 Å². The number of aryl methyl sites for hydroxylation is 1. The smallest absolute Gasteiger partial charge is 0.0991 e. The Morgan fingerprint density at radius 2 is 2.04 bits per heavy atom. The molecule has 0 aliphatic rings. The van der Waals surface area contributed by atoms with Gasteiger partial charge in [0.05, 0.1) is 42.5 Å². The Kier molecular flexibility index (Phi) is 4.93. The predicted molar refractivity (Wildman–Crippen MR) is 93.5 cm³/mol. The molecule has 0 saturated heterocycles. The first-order valence-corrected chi connectivity index (χ1v) is 7.99. The first-order chi connectivity index (χ1) is 12.1. The molecule has 2 heterocycles. The van der Waals surface area contributed by atoms with Crippen LogP contribution in [0.5, 0.6) is 0 Å². The van der Waals surface area contributed by atoms with Gasteiger partial charge in [0.2, 0.25) is 0 Å². The summed E-state index contributed by atoms with van der Waals surface area (Å²) >= 11 is 0. The van der Waals surface area contributed by atoms with Gasteiger partial charge in [0.15, 0.2) is 0 Å². The van der Waals surface area contributed by atoms with Crippen molar-refractivity contribution in [1.82, 2.24) is 19.3 Å². The molecule has 3 N–H and O–H groups in total. The third kappa shape index (κ3) is 3.94. The number of nitrogens with zero attached hydrogens (tertiary/aromatic N) is 5. The molecule has 0 unspecified atom stereocenters. The van der Waals surface area contributed by atoms with Gasteiger partial charge in [0.1, 0.15) is 0 Å². The topological polar surface area (TPSA) is 106 Å². The lowest BCUT2D eigenvalue weighted by molar-refractivity contribution is 0.264. The van der Waals surface area contributed by atoms with Gasteiger partial charge >= 0.3 is 0 Å². The quantitative estimate of drug-likeness (QED) is 0.700. The largest absolute Gasteiger partial charge is 0.395 e. The van der Waals surface area contributed by atoms with Crippen LogP contribution in [-0.4, -0.2) is 37.1 Å². The molecular weight excluding hydrogens is 316 g/mol. The van der Waals surface area contributed by atoms with Gasteiger partial charge < -0.3 is 15.4 Å². The third-order valence-corrected chi connectivity index (χ3v) is 3.94. The van der Waals surface area contributed by atoms with Crippen molar-refractivity contribution in [3.05, 3.63) is 59.8 Å². The van der Waals surface area contributed by atoms with E-state index in [1.165, 1.54) is 0 Å². The molecule has 3 aromatic rings. The van der Waals surface area contributed by atoms with Gasteiger partial charge in [-0.15, -0.1) is 0 Å². The Bertz CT molecular complexity index is 887. The van der Waals surface area contributed by atoms with Gasteiger partial charge in [-0.2, -0.15) is 10.4 Å². The van der Waals surface area contributed by atoms with Gasteiger partial charge in [-0.25, -0.2) is 4.98 Å². The van der Waals surface area contributed by atoms with Crippen molar-refractivity contribution in [3.63, 3.8) is 0 Å². The molecule has 0 radical (unpaired) electrons. The summed E-state index contributed by atoms with van der Waals surface area (Å²) in [6.07, 6.45) is 6.21. The molecule has 7 nitrogen and oxygen atoms in total. The van der Waals surface area contributed by atoms with E-state index in [9.17, 15) is 0 Å². The van der Waals surface area contributed by atoms with Gasteiger partial charge in [0, 0.05) is 43.0 Å². The summed E-state index contributed by atoms with van der Waals surface area (Å²) in [6, 6.07) is 9.22. The standard InChI is InChI=1S/C18H20N6O/c1-23-8-15(9-24-10-17(21-12-24)6-16(20)11-25)18(22-23)14-4-2-13(7-19)3-5-14/h2-5,8,10,12,16,25H,6,9,11,20H2,1H3/t16-/m0/s1. The average molecular weight is 336 g/mol. The zero-order valence-corrected chi connectivity index (χ0v) is 14.0. The van der Waals surface area contributed by atoms with Gasteiger partial charge in [-0.1, -0.05) is 12.1 Å². The number of aromatic nitrogens is 4. The van der Waals surface area contributed by atoms with E-state index in [2.05, 4.69) is 16.2 Å². The van der Waals surface area contributed by atoms with E-state index >= 15 is 0 Å². The second-order valence-corrected chi connectivity index (χ2v) is 6.05. The van der Waals surface area contributed by atoms with E-state index in [1.54, 1.807) is 23.1 Å². The van der Waals surface area contributed by atoms with Crippen molar-refractivity contribution in [3.8, 4) is 17.3 Å². The SMILES string of the molecule is Cn1cc(Cn2cnc(C[C@H](N)CO)c2)c(-c2ccc(C#N)cc2)n1. The molecule has 0 spiro atoms. The van der Waals surface area contributed by atoms with E-state index in [0.29, 0.717) is 18.5 Å². The van der Waals surface area contributed by atoms with E-state index in [1.807, 2.05) is 36.1 Å². The number of imidazole rings is 1. The van der Waals surface area contributed by atoms with Crippen molar-refractivity contribution in [2.24, 2.45) is 12.8 Å². The monoisotopic (exact) mass is 336 g/mol. The zero-order valence-electron chi connectivity index (χ0n) is 14.0. The van der Waals surface area contributed by atoms with Crippen LogP contribution in [0, 0.1) is 11.3 Å². The van der Waals surface area contributed by atoms with Gasteiger partial charge in [0.25, 0.3) is 0 Å². The second-order valence-electron chi connectivity index (χ2n) is 6.05. The van der Waals surface area contributed by atoms with Crippen LogP contribution in [0.25, 0.3) is 11.3 Å². The first-order valence-electron chi connectivity index (χ1n) is 7.99. The van der Waals surface area contributed by atoms with Crippen LogP contribution in [-0.2, 0) is 20.0 Å². The van der Waals surface area contributed by atoms with E-state index < -0.39 is 0 Å². The number of aliphatic hydroxyl groups is 1. The van der Waals surface area contributed by atoms with Crippen LogP contribution in [0.2, 0.25) is 0 Å². The lowest BCUT2D eigenvalue weighted by Gasteiger charge is -2.05. The number of aliphatic hydroxyl groups excluding tert-OH is 1. The molecule has 1 atom stereocenters. The maximum Gasteiger partial charge on any atom is 0.0991 e. The predicted octanol–water partition coefficient (Wildman–Crippen LogP) is 1.07. The number of benzene rings is 1. The minimum absolute atomic E-state index is 0.0572. The van der Waals surface area contributed by atoms with Crippen LogP contribution >= 0.6 is 0 Å². The Hall–Kier alpha value is -2.95. The van der Waals surface area contributed by atoms with Crippen LogP contribution < -0.4 is 5.73 Å². The van der Waals surface area contributed by atoms with E-state index in [0.717, 1.165) is 22.5 Å². The summed E-state index contributed by atoms with van der Waals surface area (Å²) in [6.45, 7) is 0.572. The molecular formula is C18H20N6O. The highest BCUT2D eigenvalue weighted by Crippen LogP contribution is 2.23. The summed E-state index contributed by atoms with van der Waals surface area (Å²) in [7, 11) is 1.89. The minimum Gasteiger partial charge on any atom is -0.395 e. The Morgan fingerprint density at radius 1 is 1.28 bits per heavy atom. The summed E-state index contributed by atoms with van der Waals surface area (Å²) < 4.78 is 3.76. The Labute approximate surface area is 146 Å². The maximum atomic E-state index is 9.05. The molecule has 3 rings (SSSR count). The van der Waals surface area contributed by atoms with Crippen LogP contribution in [0.4, 0.5) is 0 Å². The Balaban J connectivity index is 1.82. The normalized spacial score (nSPS) is 12.1. The number of rotatable bonds is 6. The fraction of sp³-hybridized carbons (Fsp3) is 0.278. The molecule has 0 aliphatic heterocycles. The molecule has 128 valence electrons. The fourth-order valence-electron chi connectivity index (χ4n) is 2.73. The number of hydrogen-bond acceptors (Lipinski definition) is 5. The summed E-state index contributed by atoms with van der Waals surface area (Å²) in [5.41, 5.74) is 10.1. The summed E-state index contributed by atoms with van der Waals surface area (Å²) in [5, 5.41) is 22.5. The minimum atomic E-state index is -0.295. The lowest BCUT2D eigenvalue weighted by Crippen LogP contribution is -2.26. The second kappa shape index (κ2) is 7.30. The van der Waals surface area contributed by atoms with Crippen molar-refractivity contribution in [2.45, 2.75) is 19.0 Å². The maximum absolute atomic E-state index is 9.05. The molecule has 25 heavy (non-hydrogen) atoms. The number of nitrogens with two attached hydrogens (primary N) is 1. The van der Waals surface area contributed by atoms with Crippen molar-refractivity contribution in [2.75, 3.05) is 6.61 Å². The van der Waals surface area contributed by atoms with Crippen molar-refractivity contribution < 1.29 is 5.11 Å². The average Bonchev–Trinajstić information content (AvgIpc) is 3.21. The highest BCUT2D eigenvalue weighted by Gasteiger charge is 2.12. The number of hydrogen-bond donors (Lipinski definition) is 2. The first kappa shape index (κ1) is 16.9. The Morgan fingerprint density at radius 3 is 2.72 bits per heavy atom. The molecule has 2 aromatic heterocycles. The fourth-order valence-corrected chi connectivity index (χ4v) is 2.73. The van der Waals surface area contributed by atoms with Crippen LogP contribution in [0.15, 0.2) is 43.0 Å². The molecule has 0 amide bonds.